The minimum absolute atomic E-state index is 0.158. The number of nitrogens with zero attached hydrogens (tertiary/aromatic N) is 1. The molecule has 5 nitrogen and oxygen atoms in total. The van der Waals surface area contributed by atoms with Crippen LogP contribution in [0.4, 0.5) is 5.82 Å². The zero-order valence-electron chi connectivity index (χ0n) is 6.95. The van der Waals surface area contributed by atoms with Crippen molar-refractivity contribution in [3.63, 3.8) is 0 Å². The van der Waals surface area contributed by atoms with Crippen LogP contribution in [0.3, 0.4) is 0 Å². The molecule has 1 aliphatic heterocycles. The smallest absolute Gasteiger partial charge is 0.343 e. The summed E-state index contributed by atoms with van der Waals surface area (Å²) < 4.78 is 1.67. The molecule has 0 unspecified atom stereocenters. The molecule has 0 radical (unpaired) electrons. The van der Waals surface area contributed by atoms with Crippen LogP contribution < -0.4 is 5.73 Å². The fourth-order valence-corrected chi connectivity index (χ4v) is 1.80. The quantitative estimate of drug-likeness (QED) is 0.587. The first-order chi connectivity index (χ1) is 6.13. The number of nitrogens with two attached hydrogens (primary N) is 1. The van der Waals surface area contributed by atoms with Gasteiger partial charge in [-0.1, -0.05) is 0 Å². The Hall–Kier alpha value is -1.65. The first kappa shape index (κ1) is 7.97. The SMILES string of the molecule is Nc1c(C(=O)O)c(O)c2n1CCC2. The van der Waals surface area contributed by atoms with E-state index in [9.17, 15) is 9.90 Å². The molecule has 2 heterocycles. The minimum atomic E-state index is -1.17. The van der Waals surface area contributed by atoms with Gasteiger partial charge >= 0.3 is 5.97 Å². The van der Waals surface area contributed by atoms with Crippen molar-refractivity contribution in [2.75, 3.05) is 5.73 Å². The Morgan fingerprint density at radius 3 is 2.77 bits per heavy atom. The summed E-state index contributed by atoms with van der Waals surface area (Å²) in [4.78, 5) is 10.7. The molecule has 5 heteroatoms. The lowest BCUT2D eigenvalue weighted by Crippen LogP contribution is -2.04. The highest BCUT2D eigenvalue weighted by Crippen LogP contribution is 2.35. The van der Waals surface area contributed by atoms with Gasteiger partial charge in [0.2, 0.25) is 0 Å². The lowest BCUT2D eigenvalue weighted by Gasteiger charge is -1.99. The molecule has 0 spiro atoms. The Morgan fingerprint density at radius 2 is 2.23 bits per heavy atom. The third kappa shape index (κ3) is 0.898. The standard InChI is InChI=1S/C8H10N2O3/c9-7-5(8(12)13)6(11)4-2-1-3-10(4)7/h11H,1-3,9H2,(H,12,13). The van der Waals surface area contributed by atoms with Crippen molar-refractivity contribution in [1.29, 1.82) is 0 Å². The lowest BCUT2D eigenvalue weighted by atomic mass is 10.2. The van der Waals surface area contributed by atoms with Crippen LogP contribution in [0, 0.1) is 0 Å². The number of rotatable bonds is 1. The van der Waals surface area contributed by atoms with E-state index in [0.29, 0.717) is 18.7 Å². The summed E-state index contributed by atoms with van der Waals surface area (Å²) in [6, 6.07) is 0. The molecule has 4 N–H and O–H groups in total. The van der Waals surface area contributed by atoms with Gasteiger partial charge in [0.15, 0.2) is 5.75 Å². The number of anilines is 1. The molecular weight excluding hydrogens is 172 g/mol. The van der Waals surface area contributed by atoms with Crippen molar-refractivity contribution < 1.29 is 15.0 Å². The predicted octanol–water partition coefficient (Wildman–Crippen LogP) is 0.420. The number of nitrogen functional groups attached to an aromatic ring is 1. The normalized spacial score (nSPS) is 14.5. The zero-order chi connectivity index (χ0) is 9.59. The minimum Gasteiger partial charge on any atom is -0.505 e. The van der Waals surface area contributed by atoms with E-state index >= 15 is 0 Å². The van der Waals surface area contributed by atoms with Gasteiger partial charge < -0.3 is 20.5 Å². The second kappa shape index (κ2) is 2.42. The molecule has 0 amide bonds. The molecule has 0 saturated heterocycles. The third-order valence-corrected chi connectivity index (χ3v) is 2.39. The molecule has 70 valence electrons. The van der Waals surface area contributed by atoms with Crippen LogP contribution in [0.25, 0.3) is 0 Å². The number of hydrogen-bond donors (Lipinski definition) is 3. The van der Waals surface area contributed by atoms with Crippen molar-refractivity contribution in [3.8, 4) is 5.75 Å². The molecular formula is C8H10N2O3. The largest absolute Gasteiger partial charge is 0.505 e. The van der Waals surface area contributed by atoms with E-state index < -0.39 is 5.97 Å². The zero-order valence-corrected chi connectivity index (χ0v) is 6.95. The molecule has 0 atom stereocenters. The highest BCUT2D eigenvalue weighted by molar-refractivity contribution is 5.97. The Labute approximate surface area is 74.4 Å². The maximum absolute atomic E-state index is 10.7. The fourth-order valence-electron chi connectivity index (χ4n) is 1.80. The first-order valence-electron chi connectivity index (χ1n) is 4.06. The number of aromatic nitrogens is 1. The van der Waals surface area contributed by atoms with Crippen LogP contribution in [0.2, 0.25) is 0 Å². The molecule has 0 fully saturated rings. The molecule has 0 bridgehead atoms. The summed E-state index contributed by atoms with van der Waals surface area (Å²) in [6.45, 7) is 0.696. The molecule has 0 aliphatic carbocycles. The van der Waals surface area contributed by atoms with Gasteiger partial charge in [0.1, 0.15) is 11.4 Å². The summed E-state index contributed by atoms with van der Waals surface area (Å²) in [7, 11) is 0. The van der Waals surface area contributed by atoms with Gasteiger partial charge in [-0.2, -0.15) is 0 Å². The Balaban J connectivity index is 2.66. The van der Waals surface area contributed by atoms with Gasteiger partial charge in [0.05, 0.1) is 5.69 Å². The van der Waals surface area contributed by atoms with E-state index in [1.165, 1.54) is 0 Å². The average molecular weight is 182 g/mol. The third-order valence-electron chi connectivity index (χ3n) is 2.39. The summed E-state index contributed by atoms with van der Waals surface area (Å²) in [6.07, 6.45) is 1.61. The van der Waals surface area contributed by atoms with E-state index in [1.807, 2.05) is 0 Å². The molecule has 2 rings (SSSR count). The predicted molar refractivity (Wildman–Crippen MR) is 45.8 cm³/mol. The maximum Gasteiger partial charge on any atom is 0.343 e. The van der Waals surface area contributed by atoms with Crippen LogP contribution in [0.5, 0.6) is 5.75 Å². The molecule has 0 aromatic carbocycles. The molecule has 1 aromatic heterocycles. The number of fused-ring (bicyclic) bond motifs is 1. The van der Waals surface area contributed by atoms with Crippen molar-refractivity contribution >= 4 is 11.8 Å². The number of carbonyl (C=O) groups is 1. The van der Waals surface area contributed by atoms with Crippen molar-refractivity contribution in [2.45, 2.75) is 19.4 Å². The lowest BCUT2D eigenvalue weighted by molar-refractivity contribution is 0.0695. The van der Waals surface area contributed by atoms with Gasteiger partial charge in [0.25, 0.3) is 0 Å². The van der Waals surface area contributed by atoms with Crippen LogP contribution in [-0.2, 0) is 13.0 Å². The van der Waals surface area contributed by atoms with Crippen LogP contribution in [0.1, 0.15) is 22.5 Å². The van der Waals surface area contributed by atoms with Crippen LogP contribution >= 0.6 is 0 Å². The monoisotopic (exact) mass is 182 g/mol. The Morgan fingerprint density at radius 1 is 1.54 bits per heavy atom. The Kier molecular flexibility index (Phi) is 1.48. The van der Waals surface area contributed by atoms with Gasteiger partial charge in [-0.05, 0) is 12.8 Å². The van der Waals surface area contributed by atoms with E-state index in [0.717, 1.165) is 6.42 Å². The average Bonchev–Trinajstić information content (AvgIpc) is 2.56. The number of carboxylic acid groups (broad SMARTS) is 1. The number of aromatic hydroxyl groups is 1. The molecule has 0 saturated carbocycles. The second-order valence-corrected chi connectivity index (χ2v) is 3.12. The second-order valence-electron chi connectivity index (χ2n) is 3.12. The summed E-state index contributed by atoms with van der Waals surface area (Å²) in [5.74, 6) is -1.17. The van der Waals surface area contributed by atoms with Gasteiger partial charge in [0, 0.05) is 6.54 Å². The van der Waals surface area contributed by atoms with Crippen molar-refractivity contribution in [3.05, 3.63) is 11.3 Å². The number of hydrogen-bond acceptors (Lipinski definition) is 3. The van der Waals surface area contributed by atoms with Gasteiger partial charge in [-0.25, -0.2) is 4.79 Å². The van der Waals surface area contributed by atoms with Crippen molar-refractivity contribution in [2.24, 2.45) is 0 Å². The summed E-state index contributed by atoms with van der Waals surface area (Å²) in [5, 5.41) is 18.3. The molecule has 1 aliphatic rings. The summed E-state index contributed by atoms with van der Waals surface area (Å²) >= 11 is 0. The van der Waals surface area contributed by atoms with Crippen LogP contribution in [0.15, 0.2) is 0 Å². The van der Waals surface area contributed by atoms with E-state index in [4.69, 9.17) is 10.8 Å². The highest BCUT2D eigenvalue weighted by atomic mass is 16.4. The topological polar surface area (TPSA) is 88.5 Å². The van der Waals surface area contributed by atoms with E-state index in [-0.39, 0.29) is 17.1 Å². The fraction of sp³-hybridized carbons (Fsp3) is 0.375. The van der Waals surface area contributed by atoms with E-state index in [1.54, 1.807) is 4.57 Å². The first-order valence-corrected chi connectivity index (χ1v) is 4.06. The van der Waals surface area contributed by atoms with Crippen molar-refractivity contribution in [1.82, 2.24) is 4.57 Å². The van der Waals surface area contributed by atoms with Gasteiger partial charge in [-0.3, -0.25) is 0 Å². The number of carboxylic acids is 1. The molecule has 1 aromatic rings. The van der Waals surface area contributed by atoms with Crippen LogP contribution in [-0.4, -0.2) is 20.7 Å². The number of aromatic carboxylic acids is 1. The highest BCUT2D eigenvalue weighted by Gasteiger charge is 2.27. The summed E-state index contributed by atoms with van der Waals surface area (Å²) in [5.41, 5.74) is 6.07. The van der Waals surface area contributed by atoms with Gasteiger partial charge in [-0.15, -0.1) is 0 Å². The Bertz CT molecular complexity index is 354. The van der Waals surface area contributed by atoms with E-state index in [2.05, 4.69) is 0 Å². The molecule has 13 heavy (non-hydrogen) atoms. The maximum atomic E-state index is 10.7.